The first kappa shape index (κ1) is 24.0. The third-order valence-corrected chi connectivity index (χ3v) is 6.61. The van der Waals surface area contributed by atoms with E-state index in [2.05, 4.69) is 5.32 Å². The van der Waals surface area contributed by atoms with Crippen molar-refractivity contribution in [3.05, 3.63) is 47.0 Å². The standard InChI is InChI=1S/C21H27ClN2O5S/c1-6-24(7-2)30(26,27)17-10-8-9-16(13-17)23-21(25)15-11-18(22)20(29-14(3)4)19(12-15)28-5/h8-14H,6-7H2,1-5H3,(H,23,25). The van der Waals surface area contributed by atoms with E-state index < -0.39 is 15.9 Å². The molecule has 0 aliphatic carbocycles. The smallest absolute Gasteiger partial charge is 0.255 e. The maximum absolute atomic E-state index is 12.7. The van der Waals surface area contributed by atoms with Gasteiger partial charge < -0.3 is 14.8 Å². The molecule has 0 saturated heterocycles. The third kappa shape index (κ3) is 5.44. The highest BCUT2D eigenvalue weighted by molar-refractivity contribution is 7.89. The Labute approximate surface area is 183 Å². The zero-order valence-electron chi connectivity index (χ0n) is 17.7. The minimum Gasteiger partial charge on any atom is -0.493 e. The molecule has 9 heteroatoms. The minimum absolute atomic E-state index is 0.111. The highest BCUT2D eigenvalue weighted by Crippen LogP contribution is 2.37. The SMILES string of the molecule is CCN(CC)S(=O)(=O)c1cccc(NC(=O)c2cc(Cl)c(OC(C)C)c(OC)c2)c1. The number of anilines is 1. The molecule has 0 spiro atoms. The van der Waals surface area contributed by atoms with Crippen LogP contribution in [0.25, 0.3) is 0 Å². The molecule has 0 bridgehead atoms. The lowest BCUT2D eigenvalue weighted by molar-refractivity contribution is 0.102. The number of hydrogen-bond donors (Lipinski definition) is 1. The number of benzene rings is 2. The topological polar surface area (TPSA) is 84.9 Å². The average molecular weight is 455 g/mol. The van der Waals surface area contributed by atoms with Crippen LogP contribution in [-0.4, -0.2) is 44.9 Å². The molecule has 1 amide bonds. The number of ether oxygens (including phenoxy) is 2. The molecule has 0 radical (unpaired) electrons. The lowest BCUT2D eigenvalue weighted by Crippen LogP contribution is -2.30. The van der Waals surface area contributed by atoms with Crippen molar-refractivity contribution in [1.29, 1.82) is 0 Å². The number of nitrogens with one attached hydrogen (secondary N) is 1. The van der Waals surface area contributed by atoms with Crippen LogP contribution in [0.3, 0.4) is 0 Å². The number of rotatable bonds is 9. The van der Waals surface area contributed by atoms with Crippen molar-refractivity contribution in [3.8, 4) is 11.5 Å². The molecule has 0 unspecified atom stereocenters. The van der Waals surface area contributed by atoms with Crippen molar-refractivity contribution < 1.29 is 22.7 Å². The van der Waals surface area contributed by atoms with Gasteiger partial charge in [0.2, 0.25) is 10.0 Å². The van der Waals surface area contributed by atoms with Crippen molar-refractivity contribution in [2.24, 2.45) is 0 Å². The minimum atomic E-state index is -3.63. The van der Waals surface area contributed by atoms with Crippen LogP contribution in [-0.2, 0) is 10.0 Å². The molecule has 0 fully saturated rings. The van der Waals surface area contributed by atoms with Crippen LogP contribution < -0.4 is 14.8 Å². The number of hydrogen-bond acceptors (Lipinski definition) is 5. The van der Waals surface area contributed by atoms with Gasteiger partial charge in [0, 0.05) is 24.3 Å². The van der Waals surface area contributed by atoms with E-state index in [9.17, 15) is 13.2 Å². The fraction of sp³-hybridized carbons (Fsp3) is 0.381. The number of carbonyl (C=O) groups is 1. The summed E-state index contributed by atoms with van der Waals surface area (Å²) in [6.45, 7) is 7.98. The van der Waals surface area contributed by atoms with E-state index in [-0.39, 0.29) is 21.6 Å². The van der Waals surface area contributed by atoms with Crippen LogP contribution in [0.2, 0.25) is 5.02 Å². The molecule has 0 atom stereocenters. The van der Waals surface area contributed by atoms with Crippen LogP contribution in [0.5, 0.6) is 11.5 Å². The van der Waals surface area contributed by atoms with E-state index in [1.807, 2.05) is 13.8 Å². The Kier molecular flexibility index (Phi) is 8.11. The molecule has 2 rings (SSSR count). The maximum Gasteiger partial charge on any atom is 0.255 e. The van der Waals surface area contributed by atoms with Gasteiger partial charge in [-0.2, -0.15) is 4.31 Å². The van der Waals surface area contributed by atoms with E-state index in [4.69, 9.17) is 21.1 Å². The van der Waals surface area contributed by atoms with Crippen LogP contribution in [0.4, 0.5) is 5.69 Å². The van der Waals surface area contributed by atoms with Gasteiger partial charge in [-0.15, -0.1) is 0 Å². The van der Waals surface area contributed by atoms with E-state index in [0.29, 0.717) is 30.3 Å². The lowest BCUT2D eigenvalue weighted by atomic mass is 10.1. The lowest BCUT2D eigenvalue weighted by Gasteiger charge is -2.19. The molecule has 0 aliphatic heterocycles. The second kappa shape index (κ2) is 10.1. The van der Waals surface area contributed by atoms with Gasteiger partial charge in [-0.25, -0.2) is 8.42 Å². The van der Waals surface area contributed by atoms with Gasteiger partial charge in [0.1, 0.15) is 0 Å². The van der Waals surface area contributed by atoms with E-state index in [0.717, 1.165) is 0 Å². The maximum atomic E-state index is 12.7. The Morgan fingerprint density at radius 1 is 1.17 bits per heavy atom. The van der Waals surface area contributed by atoms with Gasteiger partial charge in [0.25, 0.3) is 5.91 Å². The van der Waals surface area contributed by atoms with Crippen LogP contribution in [0.1, 0.15) is 38.1 Å². The molecule has 30 heavy (non-hydrogen) atoms. The first-order chi connectivity index (χ1) is 14.1. The van der Waals surface area contributed by atoms with Crippen LogP contribution >= 0.6 is 11.6 Å². The summed E-state index contributed by atoms with van der Waals surface area (Å²) in [6, 6.07) is 9.14. The number of halogens is 1. The summed E-state index contributed by atoms with van der Waals surface area (Å²) in [5, 5.41) is 2.95. The number of amides is 1. The Hall–Kier alpha value is -2.29. The number of carbonyl (C=O) groups excluding carboxylic acids is 1. The van der Waals surface area contributed by atoms with Gasteiger partial charge >= 0.3 is 0 Å². The fourth-order valence-electron chi connectivity index (χ4n) is 2.85. The molecule has 0 aliphatic rings. The molecule has 7 nitrogen and oxygen atoms in total. The monoisotopic (exact) mass is 454 g/mol. The zero-order valence-corrected chi connectivity index (χ0v) is 19.3. The number of methoxy groups -OCH3 is 1. The Morgan fingerprint density at radius 2 is 1.83 bits per heavy atom. The van der Waals surface area contributed by atoms with E-state index in [1.165, 1.54) is 35.7 Å². The van der Waals surface area contributed by atoms with E-state index in [1.54, 1.807) is 26.0 Å². The molecule has 2 aromatic rings. The first-order valence-corrected chi connectivity index (χ1v) is 11.4. The van der Waals surface area contributed by atoms with Gasteiger partial charge in [0.15, 0.2) is 11.5 Å². The van der Waals surface area contributed by atoms with Gasteiger partial charge in [-0.3, -0.25) is 4.79 Å². The summed E-state index contributed by atoms with van der Waals surface area (Å²) in [5.74, 6) is 0.237. The zero-order chi connectivity index (χ0) is 22.5. The van der Waals surface area contributed by atoms with Gasteiger partial charge in [-0.1, -0.05) is 31.5 Å². The molecule has 0 aromatic heterocycles. The van der Waals surface area contributed by atoms with Crippen molar-refractivity contribution in [2.75, 3.05) is 25.5 Å². The van der Waals surface area contributed by atoms with Gasteiger partial charge in [0.05, 0.1) is 23.1 Å². The number of sulfonamides is 1. The van der Waals surface area contributed by atoms with Gasteiger partial charge in [-0.05, 0) is 44.2 Å². The molecule has 164 valence electrons. The largest absolute Gasteiger partial charge is 0.493 e. The quantitative estimate of drug-likeness (QED) is 0.606. The fourth-order valence-corrected chi connectivity index (χ4v) is 4.61. The van der Waals surface area contributed by atoms with E-state index >= 15 is 0 Å². The van der Waals surface area contributed by atoms with Crippen molar-refractivity contribution in [1.82, 2.24) is 4.31 Å². The normalized spacial score (nSPS) is 11.6. The predicted octanol–water partition coefficient (Wildman–Crippen LogP) is 4.42. The molecule has 0 saturated carbocycles. The summed E-state index contributed by atoms with van der Waals surface area (Å²) in [6.07, 6.45) is -0.119. The summed E-state index contributed by atoms with van der Waals surface area (Å²) in [7, 11) is -2.17. The first-order valence-electron chi connectivity index (χ1n) is 9.59. The van der Waals surface area contributed by atoms with Crippen molar-refractivity contribution >= 4 is 33.2 Å². The summed E-state index contributed by atoms with van der Waals surface area (Å²) in [4.78, 5) is 12.9. The third-order valence-electron chi connectivity index (χ3n) is 4.28. The Bertz CT molecular complexity index is 1000. The Morgan fingerprint density at radius 3 is 2.40 bits per heavy atom. The van der Waals surface area contributed by atoms with Crippen molar-refractivity contribution in [2.45, 2.75) is 38.7 Å². The molecule has 0 heterocycles. The Balaban J connectivity index is 2.32. The summed E-state index contributed by atoms with van der Waals surface area (Å²) in [5.41, 5.74) is 0.607. The van der Waals surface area contributed by atoms with Crippen molar-refractivity contribution in [3.63, 3.8) is 0 Å². The van der Waals surface area contributed by atoms with Crippen LogP contribution in [0, 0.1) is 0 Å². The molecule has 2 aromatic carbocycles. The predicted molar refractivity (Wildman–Crippen MR) is 118 cm³/mol. The molecular formula is C21H27ClN2O5S. The average Bonchev–Trinajstić information content (AvgIpc) is 2.69. The number of nitrogens with zero attached hydrogens (tertiary/aromatic N) is 1. The summed E-state index contributed by atoms with van der Waals surface area (Å²) >= 11 is 6.29. The summed E-state index contributed by atoms with van der Waals surface area (Å²) < 4.78 is 37.8. The molecule has 1 N–H and O–H groups in total. The highest BCUT2D eigenvalue weighted by atomic mass is 35.5. The van der Waals surface area contributed by atoms with Crippen LogP contribution in [0.15, 0.2) is 41.3 Å². The molecular weight excluding hydrogens is 428 g/mol. The second-order valence-corrected chi connectivity index (χ2v) is 9.07. The highest BCUT2D eigenvalue weighted by Gasteiger charge is 2.22. The second-order valence-electron chi connectivity index (χ2n) is 6.73.